The number of cyclic esters (lactones) is 1. The van der Waals surface area contributed by atoms with Gasteiger partial charge in [-0.1, -0.05) is 0 Å². The molecule has 1 atom stereocenters. The van der Waals surface area contributed by atoms with Crippen molar-refractivity contribution in [3.05, 3.63) is 0 Å². The lowest BCUT2D eigenvalue weighted by molar-refractivity contribution is -0.161. The van der Waals surface area contributed by atoms with Crippen LogP contribution >= 0.6 is 7.60 Å². The van der Waals surface area contributed by atoms with Crippen LogP contribution in [0, 0.1) is 0 Å². The van der Waals surface area contributed by atoms with E-state index in [0.717, 1.165) is 0 Å². The predicted octanol–water partition coefficient (Wildman–Crippen LogP) is -1.00. The molecule has 0 aromatic rings. The molecular weight excluding hydrogens is 225 g/mol. The number of rotatable bonds is 4. The lowest BCUT2D eigenvalue weighted by atomic mass is 10.3. The van der Waals surface area contributed by atoms with Crippen LogP contribution in [0.25, 0.3) is 0 Å². The Kier molecular flexibility index (Phi) is 4.24. The lowest BCUT2D eigenvalue weighted by Gasteiger charge is -2.31. The first kappa shape index (κ1) is 12.6. The normalized spacial score (nSPS) is 23.9. The molecule has 1 aliphatic rings. The summed E-state index contributed by atoms with van der Waals surface area (Å²) in [5.74, 6) is -0.489. The number of esters is 1. The average Bonchev–Trinajstić information content (AvgIpc) is 1.99. The maximum atomic E-state index is 11.1. The first-order valence-corrected chi connectivity index (χ1v) is 6.16. The van der Waals surface area contributed by atoms with Gasteiger partial charge in [0.25, 0.3) is 0 Å². The highest BCUT2D eigenvalue weighted by Gasteiger charge is 2.30. The largest absolute Gasteiger partial charge is 0.458 e. The Hall–Kier alpha value is -0.460. The summed E-state index contributed by atoms with van der Waals surface area (Å²) >= 11 is 0. The monoisotopic (exact) mass is 239 g/mol. The molecule has 1 fully saturated rings. The van der Waals surface area contributed by atoms with Crippen molar-refractivity contribution in [3.63, 3.8) is 0 Å². The summed E-state index contributed by atoms with van der Waals surface area (Å²) in [4.78, 5) is 30.0. The van der Waals surface area contributed by atoms with Gasteiger partial charge in [-0.05, 0) is 0 Å². The van der Waals surface area contributed by atoms with E-state index in [2.05, 4.69) is 0 Å². The third-order valence-corrected chi connectivity index (χ3v) is 2.62. The van der Waals surface area contributed by atoms with Gasteiger partial charge < -0.3 is 19.3 Å². The third-order valence-electron chi connectivity index (χ3n) is 1.85. The summed E-state index contributed by atoms with van der Waals surface area (Å²) in [6.07, 6.45) is -0.884. The van der Waals surface area contributed by atoms with Crippen LogP contribution in [-0.4, -0.2) is 59.9 Å². The second-order valence-electron chi connectivity index (χ2n) is 3.38. The van der Waals surface area contributed by atoms with Crippen molar-refractivity contribution in [2.24, 2.45) is 0 Å². The van der Waals surface area contributed by atoms with Gasteiger partial charge in [-0.3, -0.25) is 14.3 Å². The fourth-order valence-electron chi connectivity index (χ4n) is 1.44. The molecule has 0 radical (unpaired) electrons. The molecule has 8 heteroatoms. The van der Waals surface area contributed by atoms with Crippen LogP contribution in [0.4, 0.5) is 0 Å². The quantitative estimate of drug-likeness (QED) is 0.479. The smallest absolute Gasteiger partial charge is 0.339 e. The van der Waals surface area contributed by atoms with E-state index in [9.17, 15) is 9.36 Å². The van der Waals surface area contributed by atoms with E-state index in [1.807, 2.05) is 0 Å². The summed E-state index contributed by atoms with van der Waals surface area (Å²) in [6, 6.07) is 0. The van der Waals surface area contributed by atoms with Crippen molar-refractivity contribution in [3.8, 4) is 0 Å². The molecule has 0 bridgehead atoms. The predicted molar refractivity (Wildman–Crippen MR) is 50.2 cm³/mol. The first-order valence-electron chi connectivity index (χ1n) is 4.36. The molecule has 88 valence electrons. The van der Waals surface area contributed by atoms with Crippen LogP contribution in [0.3, 0.4) is 0 Å². The zero-order valence-corrected chi connectivity index (χ0v) is 9.22. The number of carbonyl (C=O) groups excluding carboxylic acids is 1. The Bertz CT molecular complexity index is 277. The Morgan fingerprint density at radius 2 is 2.33 bits per heavy atom. The molecule has 0 saturated carbocycles. The van der Waals surface area contributed by atoms with Crippen LogP contribution in [0.1, 0.15) is 0 Å². The number of hydrogen-bond donors (Lipinski definition) is 2. The minimum absolute atomic E-state index is 0.0919. The second-order valence-corrected chi connectivity index (χ2v) is 5.00. The second kappa shape index (κ2) is 5.05. The molecule has 1 aliphatic heterocycles. The van der Waals surface area contributed by atoms with Gasteiger partial charge in [0.15, 0.2) is 0 Å². The van der Waals surface area contributed by atoms with Gasteiger partial charge in [0.05, 0.1) is 13.2 Å². The number of morpholine rings is 1. The molecule has 0 aromatic heterocycles. The number of carbonyl (C=O) groups is 1. The number of nitrogens with zero attached hydrogens (tertiary/aromatic N) is 1. The van der Waals surface area contributed by atoms with Gasteiger partial charge in [-0.25, -0.2) is 0 Å². The Morgan fingerprint density at radius 1 is 1.67 bits per heavy atom. The fourth-order valence-corrected chi connectivity index (χ4v) is 2.17. The molecule has 7 nitrogen and oxygen atoms in total. The molecule has 1 unspecified atom stereocenters. The highest BCUT2D eigenvalue weighted by atomic mass is 31.2. The van der Waals surface area contributed by atoms with Crippen molar-refractivity contribution in [1.29, 1.82) is 0 Å². The molecule has 2 N–H and O–H groups in total. The summed E-state index contributed by atoms with van der Waals surface area (Å²) in [7, 11) is -2.66. The van der Waals surface area contributed by atoms with Crippen molar-refractivity contribution < 1.29 is 28.6 Å². The highest BCUT2D eigenvalue weighted by Crippen LogP contribution is 2.35. The Balaban J connectivity index is 2.52. The average molecular weight is 239 g/mol. The van der Waals surface area contributed by atoms with Crippen molar-refractivity contribution in [2.75, 3.05) is 33.1 Å². The SMILES string of the molecule is COCC1CN(CP(=O)(O)O)CC(=O)O1. The van der Waals surface area contributed by atoms with E-state index in [1.165, 1.54) is 12.0 Å². The van der Waals surface area contributed by atoms with Crippen LogP contribution in [0.15, 0.2) is 0 Å². The van der Waals surface area contributed by atoms with E-state index in [4.69, 9.17) is 19.3 Å². The molecule has 1 rings (SSSR count). The minimum Gasteiger partial charge on any atom is -0.458 e. The maximum Gasteiger partial charge on any atom is 0.339 e. The molecule has 0 spiro atoms. The van der Waals surface area contributed by atoms with Crippen molar-refractivity contribution in [2.45, 2.75) is 6.10 Å². The first-order chi connectivity index (χ1) is 6.90. The molecule has 0 aromatic carbocycles. The molecule has 0 amide bonds. The fraction of sp³-hybridized carbons (Fsp3) is 0.857. The van der Waals surface area contributed by atoms with Crippen LogP contribution in [0.5, 0.6) is 0 Å². The van der Waals surface area contributed by atoms with Gasteiger partial charge in [-0.15, -0.1) is 0 Å². The van der Waals surface area contributed by atoms with Gasteiger partial charge in [-0.2, -0.15) is 0 Å². The Morgan fingerprint density at radius 3 is 2.87 bits per heavy atom. The zero-order chi connectivity index (χ0) is 11.5. The maximum absolute atomic E-state index is 11.1. The lowest BCUT2D eigenvalue weighted by Crippen LogP contribution is -2.47. The van der Waals surface area contributed by atoms with Gasteiger partial charge in [0.1, 0.15) is 12.4 Å². The molecule has 1 saturated heterocycles. The van der Waals surface area contributed by atoms with Crippen molar-refractivity contribution >= 4 is 13.6 Å². The Labute approximate surface area is 87.1 Å². The van der Waals surface area contributed by atoms with Crippen LogP contribution < -0.4 is 0 Å². The van der Waals surface area contributed by atoms with E-state index < -0.39 is 26.0 Å². The number of methoxy groups -OCH3 is 1. The molecule has 0 aliphatic carbocycles. The number of hydrogen-bond acceptors (Lipinski definition) is 5. The summed E-state index contributed by atoms with van der Waals surface area (Å²) < 4.78 is 20.5. The highest BCUT2D eigenvalue weighted by molar-refractivity contribution is 7.51. The van der Waals surface area contributed by atoms with Crippen LogP contribution in [-0.2, 0) is 18.8 Å². The zero-order valence-electron chi connectivity index (χ0n) is 8.33. The van der Waals surface area contributed by atoms with Gasteiger partial charge >= 0.3 is 13.6 Å². The van der Waals surface area contributed by atoms with Crippen molar-refractivity contribution in [1.82, 2.24) is 4.90 Å². The summed E-state index contributed by atoms with van der Waals surface area (Å²) in [6.45, 7) is 0.416. The standard InChI is InChI=1S/C7H14NO6P/c1-13-4-6-2-8(3-7(9)14-6)5-15(10,11)12/h6H,2-5H2,1H3,(H2,10,11,12). The molecule has 15 heavy (non-hydrogen) atoms. The summed E-state index contributed by atoms with van der Waals surface area (Å²) in [5.41, 5.74) is 0. The topological polar surface area (TPSA) is 96.3 Å². The van der Waals surface area contributed by atoms with Gasteiger partial charge in [0, 0.05) is 13.7 Å². The van der Waals surface area contributed by atoms with E-state index >= 15 is 0 Å². The van der Waals surface area contributed by atoms with Gasteiger partial charge in [0.2, 0.25) is 0 Å². The van der Waals surface area contributed by atoms with E-state index in [0.29, 0.717) is 0 Å². The third kappa shape index (κ3) is 4.72. The summed E-state index contributed by atoms with van der Waals surface area (Å²) in [5, 5.41) is 0. The van der Waals surface area contributed by atoms with E-state index in [1.54, 1.807) is 0 Å². The van der Waals surface area contributed by atoms with E-state index in [-0.39, 0.29) is 19.7 Å². The number of ether oxygens (including phenoxy) is 2. The molecular formula is C7H14NO6P. The minimum atomic E-state index is -4.13. The molecule has 1 heterocycles. The van der Waals surface area contributed by atoms with Crippen LogP contribution in [0.2, 0.25) is 0 Å².